The van der Waals surface area contributed by atoms with Crippen molar-refractivity contribution in [2.24, 2.45) is 5.92 Å². The minimum absolute atomic E-state index is 0.0947. The van der Waals surface area contributed by atoms with Crippen molar-refractivity contribution in [2.45, 2.75) is 44.1 Å². The highest BCUT2D eigenvalue weighted by molar-refractivity contribution is 4.84. The van der Waals surface area contributed by atoms with Crippen LogP contribution in [-0.2, 0) is 0 Å². The topological polar surface area (TPSA) is 15.3 Å². The molecule has 2 nitrogen and oxygen atoms in total. The number of nitrogens with zero attached hydrogens (tertiary/aromatic N) is 1. The second kappa shape index (κ2) is 4.96. The molecule has 0 aromatic carbocycles. The molecule has 1 N–H and O–H groups in total. The first-order valence-corrected chi connectivity index (χ1v) is 6.36. The molecular formula is C12H22F2N2. The van der Waals surface area contributed by atoms with E-state index in [1.807, 2.05) is 0 Å². The maximum absolute atomic E-state index is 13.3. The van der Waals surface area contributed by atoms with E-state index in [0.29, 0.717) is 12.5 Å². The van der Waals surface area contributed by atoms with Crippen molar-refractivity contribution in [3.8, 4) is 0 Å². The van der Waals surface area contributed by atoms with Crippen molar-refractivity contribution in [1.82, 2.24) is 10.2 Å². The van der Waals surface area contributed by atoms with Crippen LogP contribution >= 0.6 is 0 Å². The summed E-state index contributed by atoms with van der Waals surface area (Å²) < 4.78 is 26.5. The summed E-state index contributed by atoms with van der Waals surface area (Å²) in [6, 6.07) is 0.551. The van der Waals surface area contributed by atoms with E-state index in [4.69, 9.17) is 0 Å². The molecule has 0 aromatic heterocycles. The molecule has 1 saturated carbocycles. The fourth-order valence-electron chi connectivity index (χ4n) is 3.00. The molecule has 2 unspecified atom stereocenters. The molecule has 0 spiro atoms. The monoisotopic (exact) mass is 232 g/mol. The van der Waals surface area contributed by atoms with Gasteiger partial charge < -0.3 is 10.2 Å². The zero-order valence-corrected chi connectivity index (χ0v) is 10.0. The zero-order valence-electron chi connectivity index (χ0n) is 10.0. The van der Waals surface area contributed by atoms with Gasteiger partial charge in [0.2, 0.25) is 5.92 Å². The Hall–Kier alpha value is -0.220. The predicted molar refractivity (Wildman–Crippen MR) is 60.8 cm³/mol. The van der Waals surface area contributed by atoms with Gasteiger partial charge in [-0.1, -0.05) is 0 Å². The van der Waals surface area contributed by atoms with Gasteiger partial charge in [-0.05, 0) is 38.8 Å². The summed E-state index contributed by atoms with van der Waals surface area (Å²) in [6.45, 7) is 2.91. The summed E-state index contributed by atoms with van der Waals surface area (Å²) in [5.74, 6) is -2.22. The van der Waals surface area contributed by atoms with E-state index >= 15 is 0 Å². The second-order valence-electron chi connectivity index (χ2n) is 5.40. The molecule has 94 valence electrons. The van der Waals surface area contributed by atoms with E-state index in [0.717, 1.165) is 32.5 Å². The SMILES string of the molecule is CN(CC1CCCC(F)(F)C1)C1CCNC1. The molecule has 0 amide bonds. The fourth-order valence-corrected chi connectivity index (χ4v) is 3.00. The zero-order chi connectivity index (χ0) is 11.6. The molecule has 2 atom stereocenters. The minimum atomic E-state index is -2.41. The van der Waals surface area contributed by atoms with Crippen LogP contribution in [-0.4, -0.2) is 43.5 Å². The minimum Gasteiger partial charge on any atom is -0.315 e. The molecule has 1 saturated heterocycles. The van der Waals surface area contributed by atoms with Crippen molar-refractivity contribution < 1.29 is 8.78 Å². The van der Waals surface area contributed by atoms with Gasteiger partial charge in [0.25, 0.3) is 0 Å². The lowest BCUT2D eigenvalue weighted by Gasteiger charge is -2.33. The fraction of sp³-hybridized carbons (Fsp3) is 1.00. The van der Waals surface area contributed by atoms with Gasteiger partial charge in [-0.15, -0.1) is 0 Å². The third-order valence-electron chi connectivity index (χ3n) is 3.95. The molecule has 16 heavy (non-hydrogen) atoms. The molecule has 2 rings (SSSR count). The number of halogens is 2. The molecule has 2 aliphatic rings. The second-order valence-corrected chi connectivity index (χ2v) is 5.40. The van der Waals surface area contributed by atoms with Gasteiger partial charge in [-0.25, -0.2) is 8.78 Å². The lowest BCUT2D eigenvalue weighted by atomic mass is 9.86. The quantitative estimate of drug-likeness (QED) is 0.801. The van der Waals surface area contributed by atoms with Gasteiger partial charge in [-0.2, -0.15) is 0 Å². The summed E-state index contributed by atoms with van der Waals surface area (Å²) in [5.41, 5.74) is 0. The molecule has 4 heteroatoms. The lowest BCUT2D eigenvalue weighted by Crippen LogP contribution is -2.39. The molecule has 0 bridgehead atoms. The summed E-state index contributed by atoms with van der Waals surface area (Å²) >= 11 is 0. The van der Waals surface area contributed by atoms with Gasteiger partial charge in [0.1, 0.15) is 0 Å². The molecule has 1 aliphatic heterocycles. The molecule has 0 radical (unpaired) electrons. The molecular weight excluding hydrogens is 210 g/mol. The number of hydrogen-bond acceptors (Lipinski definition) is 2. The average Bonchev–Trinajstić information content (AvgIpc) is 2.68. The third-order valence-corrected chi connectivity index (χ3v) is 3.95. The number of likely N-dealkylation sites (N-methyl/N-ethyl adjacent to an activating group) is 1. The van der Waals surface area contributed by atoms with Gasteiger partial charge in [0.05, 0.1) is 0 Å². The van der Waals surface area contributed by atoms with Crippen LogP contribution in [0.2, 0.25) is 0 Å². The van der Waals surface area contributed by atoms with E-state index < -0.39 is 5.92 Å². The standard InChI is InChI=1S/C12H22F2N2/c1-16(11-4-6-15-8-11)9-10-3-2-5-12(13,14)7-10/h10-11,15H,2-9H2,1H3. The van der Waals surface area contributed by atoms with E-state index in [2.05, 4.69) is 17.3 Å². The van der Waals surface area contributed by atoms with E-state index in [1.54, 1.807) is 0 Å². The highest BCUT2D eigenvalue weighted by Crippen LogP contribution is 2.37. The first-order valence-electron chi connectivity index (χ1n) is 6.36. The maximum atomic E-state index is 13.3. The Kier molecular flexibility index (Phi) is 3.80. The Morgan fingerprint density at radius 2 is 2.19 bits per heavy atom. The molecule has 1 heterocycles. The van der Waals surface area contributed by atoms with Crippen LogP contribution in [0.15, 0.2) is 0 Å². The molecule has 2 fully saturated rings. The van der Waals surface area contributed by atoms with Gasteiger partial charge in [0.15, 0.2) is 0 Å². The summed E-state index contributed by atoms with van der Waals surface area (Å²) in [4.78, 5) is 2.27. The van der Waals surface area contributed by atoms with Crippen molar-refractivity contribution in [3.63, 3.8) is 0 Å². The van der Waals surface area contributed by atoms with E-state index in [1.165, 1.54) is 0 Å². The van der Waals surface area contributed by atoms with Crippen LogP contribution in [0.25, 0.3) is 0 Å². The van der Waals surface area contributed by atoms with Crippen molar-refractivity contribution in [2.75, 3.05) is 26.7 Å². The number of hydrogen-bond donors (Lipinski definition) is 1. The number of nitrogens with one attached hydrogen (secondary N) is 1. The Labute approximate surface area is 96.4 Å². The predicted octanol–water partition coefficient (Wildman–Crippen LogP) is 2.11. The summed E-state index contributed by atoms with van der Waals surface area (Å²) in [5, 5.41) is 3.32. The van der Waals surface area contributed by atoms with Crippen molar-refractivity contribution in [1.29, 1.82) is 0 Å². The summed E-state index contributed by atoms with van der Waals surface area (Å²) in [6.07, 6.45) is 3.00. The van der Waals surface area contributed by atoms with Crippen molar-refractivity contribution in [3.05, 3.63) is 0 Å². The maximum Gasteiger partial charge on any atom is 0.248 e. The Bertz CT molecular complexity index is 227. The van der Waals surface area contributed by atoms with Crippen LogP contribution in [0.1, 0.15) is 32.1 Å². The number of alkyl halides is 2. The number of rotatable bonds is 3. The van der Waals surface area contributed by atoms with Crippen LogP contribution in [0, 0.1) is 5.92 Å². The van der Waals surface area contributed by atoms with Crippen LogP contribution in [0.5, 0.6) is 0 Å². The third kappa shape index (κ3) is 3.14. The lowest BCUT2D eigenvalue weighted by molar-refractivity contribution is -0.0571. The van der Waals surface area contributed by atoms with Crippen LogP contribution < -0.4 is 5.32 Å². The molecule has 1 aliphatic carbocycles. The van der Waals surface area contributed by atoms with Crippen molar-refractivity contribution >= 4 is 0 Å². The average molecular weight is 232 g/mol. The van der Waals surface area contributed by atoms with E-state index in [9.17, 15) is 8.78 Å². The van der Waals surface area contributed by atoms with Crippen LogP contribution in [0.4, 0.5) is 8.78 Å². The van der Waals surface area contributed by atoms with Gasteiger partial charge >= 0.3 is 0 Å². The normalized spacial score (nSPS) is 34.5. The largest absolute Gasteiger partial charge is 0.315 e. The van der Waals surface area contributed by atoms with E-state index in [-0.39, 0.29) is 18.8 Å². The summed E-state index contributed by atoms with van der Waals surface area (Å²) in [7, 11) is 2.07. The Morgan fingerprint density at radius 1 is 1.38 bits per heavy atom. The molecule has 0 aromatic rings. The van der Waals surface area contributed by atoms with Crippen LogP contribution in [0.3, 0.4) is 0 Å². The Morgan fingerprint density at radius 3 is 2.81 bits per heavy atom. The first-order chi connectivity index (χ1) is 7.57. The highest BCUT2D eigenvalue weighted by atomic mass is 19.3. The van der Waals surface area contributed by atoms with Gasteiger partial charge in [-0.3, -0.25) is 0 Å². The Balaban J connectivity index is 1.79. The first kappa shape index (κ1) is 12.2. The van der Waals surface area contributed by atoms with Gasteiger partial charge in [0, 0.05) is 32.0 Å². The smallest absolute Gasteiger partial charge is 0.248 e. The highest BCUT2D eigenvalue weighted by Gasteiger charge is 2.37.